The topological polar surface area (TPSA) is 11.4 Å². The minimum atomic E-state index is 1.07. The molecule has 4 heteroatoms. The Kier molecular flexibility index (Phi) is 3.64. The van der Waals surface area contributed by atoms with E-state index in [4.69, 9.17) is 0 Å². The van der Waals surface area contributed by atoms with E-state index in [-0.39, 0.29) is 0 Å². The normalized spacial score (nSPS) is 16.5. The molecule has 0 aliphatic carbocycles. The Labute approximate surface area is 135 Å². The molecular formula is C18H21N3S. The molecule has 0 spiro atoms. The van der Waals surface area contributed by atoms with Crippen LogP contribution in [0.2, 0.25) is 0 Å². The largest absolute Gasteiger partial charge is 0.368 e. The van der Waals surface area contributed by atoms with Crippen molar-refractivity contribution in [1.29, 1.82) is 0 Å². The third-order valence-electron chi connectivity index (χ3n) is 4.49. The molecule has 4 rings (SSSR count). The Bertz CT molecular complexity index is 765. The van der Waals surface area contributed by atoms with Crippen molar-refractivity contribution in [3.05, 3.63) is 53.7 Å². The maximum Gasteiger partial charge on any atom is 0.0455 e. The number of piperazine rings is 1. The first-order chi connectivity index (χ1) is 10.8. The summed E-state index contributed by atoms with van der Waals surface area (Å²) in [5.74, 6) is 0. The number of aromatic nitrogens is 1. The quantitative estimate of drug-likeness (QED) is 0.733. The van der Waals surface area contributed by atoms with Gasteiger partial charge in [0, 0.05) is 67.9 Å². The van der Waals surface area contributed by atoms with Crippen LogP contribution < -0.4 is 4.90 Å². The average Bonchev–Trinajstić information content (AvgIpc) is 3.16. The molecule has 0 atom stereocenters. The molecule has 3 aromatic rings. The van der Waals surface area contributed by atoms with Crippen molar-refractivity contribution in [1.82, 2.24) is 9.47 Å². The van der Waals surface area contributed by atoms with Crippen LogP contribution in [0, 0.1) is 0 Å². The maximum atomic E-state index is 2.56. The van der Waals surface area contributed by atoms with Crippen LogP contribution in [0.15, 0.2) is 48.1 Å². The van der Waals surface area contributed by atoms with Gasteiger partial charge in [-0.2, -0.15) is 0 Å². The molecule has 1 saturated heterocycles. The third kappa shape index (κ3) is 2.64. The molecule has 3 heterocycles. The Balaban J connectivity index is 1.44. The number of hydrogen-bond acceptors (Lipinski definition) is 3. The summed E-state index contributed by atoms with van der Waals surface area (Å²) in [4.78, 5) is 5.09. The fourth-order valence-electron chi connectivity index (χ4n) is 3.31. The Hall–Kier alpha value is -1.78. The SMILES string of the molecule is Cn1ccc(CN2CCN(c3cccc4sccc34)CC2)c1. The maximum absolute atomic E-state index is 2.56. The van der Waals surface area contributed by atoms with Crippen LogP contribution in [0.4, 0.5) is 5.69 Å². The van der Waals surface area contributed by atoms with E-state index in [2.05, 4.69) is 69.5 Å². The smallest absolute Gasteiger partial charge is 0.0455 e. The fourth-order valence-corrected chi connectivity index (χ4v) is 4.12. The van der Waals surface area contributed by atoms with E-state index in [0.29, 0.717) is 0 Å². The van der Waals surface area contributed by atoms with Crippen molar-refractivity contribution in [3.8, 4) is 0 Å². The van der Waals surface area contributed by atoms with Gasteiger partial charge in [0.1, 0.15) is 0 Å². The summed E-state index contributed by atoms with van der Waals surface area (Å²) in [6, 6.07) is 11.1. The van der Waals surface area contributed by atoms with Gasteiger partial charge in [0.15, 0.2) is 0 Å². The van der Waals surface area contributed by atoms with Crippen molar-refractivity contribution < 1.29 is 0 Å². The van der Waals surface area contributed by atoms with Crippen molar-refractivity contribution in [2.24, 2.45) is 7.05 Å². The number of fused-ring (bicyclic) bond motifs is 1. The monoisotopic (exact) mass is 311 g/mol. The number of nitrogens with zero attached hydrogens (tertiary/aromatic N) is 3. The van der Waals surface area contributed by atoms with Gasteiger partial charge in [-0.3, -0.25) is 4.90 Å². The molecular weight excluding hydrogens is 290 g/mol. The highest BCUT2D eigenvalue weighted by Gasteiger charge is 2.19. The number of anilines is 1. The predicted molar refractivity (Wildman–Crippen MR) is 94.7 cm³/mol. The van der Waals surface area contributed by atoms with Crippen molar-refractivity contribution in [3.63, 3.8) is 0 Å². The lowest BCUT2D eigenvalue weighted by Crippen LogP contribution is -2.45. The lowest BCUT2D eigenvalue weighted by molar-refractivity contribution is 0.250. The zero-order valence-corrected chi connectivity index (χ0v) is 13.7. The third-order valence-corrected chi connectivity index (χ3v) is 5.37. The zero-order valence-electron chi connectivity index (χ0n) is 12.9. The first kappa shape index (κ1) is 13.9. The van der Waals surface area contributed by atoms with Crippen molar-refractivity contribution in [2.45, 2.75) is 6.54 Å². The lowest BCUT2D eigenvalue weighted by Gasteiger charge is -2.36. The summed E-state index contributed by atoms with van der Waals surface area (Å²) in [5, 5.41) is 3.60. The summed E-state index contributed by atoms with van der Waals surface area (Å²) >= 11 is 1.83. The molecule has 0 amide bonds. The molecule has 1 aliphatic rings. The summed E-state index contributed by atoms with van der Waals surface area (Å²) < 4.78 is 3.52. The molecule has 22 heavy (non-hydrogen) atoms. The van der Waals surface area contributed by atoms with Crippen LogP contribution in [0.3, 0.4) is 0 Å². The van der Waals surface area contributed by atoms with Gasteiger partial charge in [0.2, 0.25) is 0 Å². The van der Waals surface area contributed by atoms with E-state index >= 15 is 0 Å². The van der Waals surface area contributed by atoms with Crippen molar-refractivity contribution in [2.75, 3.05) is 31.1 Å². The molecule has 0 bridgehead atoms. The second kappa shape index (κ2) is 5.78. The molecule has 0 saturated carbocycles. The Morgan fingerprint density at radius 3 is 2.68 bits per heavy atom. The highest BCUT2D eigenvalue weighted by Crippen LogP contribution is 2.31. The van der Waals surface area contributed by atoms with E-state index in [1.807, 2.05) is 11.3 Å². The van der Waals surface area contributed by atoms with E-state index in [9.17, 15) is 0 Å². The minimum absolute atomic E-state index is 1.07. The molecule has 2 aromatic heterocycles. The molecule has 1 fully saturated rings. The van der Waals surface area contributed by atoms with E-state index in [1.54, 1.807) is 0 Å². The molecule has 114 valence electrons. The summed E-state index contributed by atoms with van der Waals surface area (Å²) in [5.41, 5.74) is 2.81. The zero-order chi connectivity index (χ0) is 14.9. The summed E-state index contributed by atoms with van der Waals surface area (Å²) in [6.45, 7) is 5.56. The standard InChI is InChI=1S/C18H21N3S/c1-19-7-5-15(13-19)14-20-8-10-21(11-9-20)17-3-2-4-18-16(17)6-12-22-18/h2-7,12-13H,8-11,14H2,1H3. The van der Waals surface area contributed by atoms with Gasteiger partial charge in [0.25, 0.3) is 0 Å². The first-order valence-corrected chi connectivity index (χ1v) is 8.72. The van der Waals surface area contributed by atoms with Gasteiger partial charge in [-0.15, -0.1) is 11.3 Å². The summed E-state index contributed by atoms with van der Waals surface area (Å²) in [7, 11) is 2.09. The second-order valence-corrected chi connectivity index (χ2v) is 7.01. The van der Waals surface area contributed by atoms with Crippen LogP contribution in [0.1, 0.15) is 5.56 Å². The number of benzene rings is 1. The van der Waals surface area contributed by atoms with Gasteiger partial charge in [0.05, 0.1) is 0 Å². The van der Waals surface area contributed by atoms with Gasteiger partial charge < -0.3 is 9.47 Å². The molecule has 1 aliphatic heterocycles. The van der Waals surface area contributed by atoms with Crippen LogP contribution in [-0.2, 0) is 13.6 Å². The fraction of sp³-hybridized carbons (Fsp3) is 0.333. The molecule has 0 radical (unpaired) electrons. The predicted octanol–water partition coefficient (Wildman–Crippen LogP) is 3.56. The number of hydrogen-bond donors (Lipinski definition) is 0. The Morgan fingerprint density at radius 1 is 1.05 bits per heavy atom. The number of thiophene rings is 1. The van der Waals surface area contributed by atoms with Crippen LogP contribution in [0.5, 0.6) is 0 Å². The van der Waals surface area contributed by atoms with Crippen LogP contribution in [0.25, 0.3) is 10.1 Å². The van der Waals surface area contributed by atoms with E-state index in [1.165, 1.54) is 21.3 Å². The lowest BCUT2D eigenvalue weighted by atomic mass is 10.2. The highest BCUT2D eigenvalue weighted by molar-refractivity contribution is 7.17. The average molecular weight is 311 g/mol. The highest BCUT2D eigenvalue weighted by atomic mass is 32.1. The van der Waals surface area contributed by atoms with Crippen LogP contribution >= 0.6 is 11.3 Å². The van der Waals surface area contributed by atoms with Crippen molar-refractivity contribution >= 4 is 27.1 Å². The second-order valence-electron chi connectivity index (χ2n) is 6.06. The van der Waals surface area contributed by atoms with Gasteiger partial charge in [-0.05, 0) is 35.2 Å². The molecule has 3 nitrogen and oxygen atoms in total. The molecule has 1 aromatic carbocycles. The van der Waals surface area contributed by atoms with Gasteiger partial charge >= 0.3 is 0 Å². The molecule has 0 N–H and O–H groups in total. The summed E-state index contributed by atoms with van der Waals surface area (Å²) in [6.07, 6.45) is 4.35. The Morgan fingerprint density at radius 2 is 1.91 bits per heavy atom. The number of rotatable bonds is 3. The van der Waals surface area contributed by atoms with Gasteiger partial charge in [-0.1, -0.05) is 6.07 Å². The van der Waals surface area contributed by atoms with Crippen LogP contribution in [-0.4, -0.2) is 35.6 Å². The number of aryl methyl sites for hydroxylation is 1. The van der Waals surface area contributed by atoms with E-state index in [0.717, 1.165) is 32.7 Å². The van der Waals surface area contributed by atoms with Gasteiger partial charge in [-0.25, -0.2) is 0 Å². The minimum Gasteiger partial charge on any atom is -0.368 e. The molecule has 0 unspecified atom stereocenters. The first-order valence-electron chi connectivity index (χ1n) is 7.84. The van der Waals surface area contributed by atoms with E-state index < -0.39 is 0 Å².